The summed E-state index contributed by atoms with van der Waals surface area (Å²) in [5.74, 6) is -1.27. The largest absolute Gasteiger partial charge is 0.478 e. The Labute approximate surface area is 117 Å². The van der Waals surface area contributed by atoms with Gasteiger partial charge in [-0.3, -0.25) is 4.68 Å². The first-order chi connectivity index (χ1) is 9.69. The van der Waals surface area contributed by atoms with Gasteiger partial charge in [0.2, 0.25) is 0 Å². The molecular formula is C12H13F3N4O2. The van der Waals surface area contributed by atoms with Crippen molar-refractivity contribution in [3.63, 3.8) is 0 Å². The van der Waals surface area contributed by atoms with E-state index in [2.05, 4.69) is 15.4 Å². The number of hydrogen-bond acceptors (Lipinski definition) is 4. The van der Waals surface area contributed by atoms with Gasteiger partial charge in [-0.25, -0.2) is 9.78 Å². The highest BCUT2D eigenvalue weighted by molar-refractivity contribution is 6.03. The fraction of sp³-hybridized carbons (Fsp3) is 0.417. The molecule has 2 N–H and O–H groups in total. The van der Waals surface area contributed by atoms with Crippen LogP contribution in [0.5, 0.6) is 0 Å². The van der Waals surface area contributed by atoms with Gasteiger partial charge in [0.25, 0.3) is 0 Å². The molecule has 1 unspecified atom stereocenters. The third-order valence-electron chi connectivity index (χ3n) is 2.92. The van der Waals surface area contributed by atoms with Crippen LogP contribution in [0.2, 0.25) is 0 Å². The molecule has 0 bridgehead atoms. The lowest BCUT2D eigenvalue weighted by Crippen LogP contribution is -2.25. The van der Waals surface area contributed by atoms with Crippen molar-refractivity contribution in [1.29, 1.82) is 0 Å². The Morgan fingerprint density at radius 1 is 1.48 bits per heavy atom. The number of anilines is 1. The number of fused-ring (bicyclic) bond motifs is 1. The molecule has 114 valence electrons. The number of nitrogens with zero attached hydrogens (tertiary/aromatic N) is 3. The van der Waals surface area contributed by atoms with Crippen LogP contribution in [0.25, 0.3) is 11.0 Å². The molecule has 0 fully saturated rings. The Morgan fingerprint density at radius 2 is 2.14 bits per heavy atom. The molecular weight excluding hydrogens is 289 g/mol. The first-order valence-corrected chi connectivity index (χ1v) is 6.06. The fourth-order valence-corrected chi connectivity index (χ4v) is 2.06. The zero-order valence-electron chi connectivity index (χ0n) is 11.3. The van der Waals surface area contributed by atoms with E-state index in [0.717, 1.165) is 6.20 Å². The minimum atomic E-state index is -4.34. The molecule has 9 heteroatoms. The lowest BCUT2D eigenvalue weighted by Gasteiger charge is -2.18. The number of carboxylic acids is 1. The lowest BCUT2D eigenvalue weighted by molar-refractivity contribution is -0.136. The maximum atomic E-state index is 12.4. The van der Waals surface area contributed by atoms with Crippen LogP contribution in [0.1, 0.15) is 23.7 Å². The van der Waals surface area contributed by atoms with Gasteiger partial charge in [0, 0.05) is 19.3 Å². The Hall–Kier alpha value is -2.32. The molecule has 0 amide bonds. The number of rotatable bonds is 4. The summed E-state index contributed by atoms with van der Waals surface area (Å²) in [6.45, 7) is 1.34. The first kappa shape index (κ1) is 15.1. The van der Waals surface area contributed by atoms with Gasteiger partial charge in [-0.15, -0.1) is 0 Å². The van der Waals surface area contributed by atoms with Crippen LogP contribution in [-0.4, -0.2) is 38.1 Å². The van der Waals surface area contributed by atoms with Crippen molar-refractivity contribution in [1.82, 2.24) is 14.8 Å². The van der Waals surface area contributed by atoms with E-state index >= 15 is 0 Å². The van der Waals surface area contributed by atoms with Crippen molar-refractivity contribution in [2.75, 3.05) is 5.32 Å². The molecule has 2 heterocycles. The van der Waals surface area contributed by atoms with Gasteiger partial charge in [-0.05, 0) is 6.92 Å². The van der Waals surface area contributed by atoms with Gasteiger partial charge in [0.15, 0.2) is 5.65 Å². The minimum absolute atomic E-state index is 0.0948. The lowest BCUT2D eigenvalue weighted by atomic mass is 10.1. The number of carbonyl (C=O) groups is 1. The van der Waals surface area contributed by atoms with Gasteiger partial charge >= 0.3 is 12.1 Å². The molecule has 0 aliphatic heterocycles. The molecule has 1 atom stereocenters. The van der Waals surface area contributed by atoms with E-state index in [0.29, 0.717) is 11.0 Å². The highest BCUT2D eigenvalue weighted by Gasteiger charge is 2.31. The smallest absolute Gasteiger partial charge is 0.391 e. The summed E-state index contributed by atoms with van der Waals surface area (Å²) >= 11 is 0. The van der Waals surface area contributed by atoms with E-state index in [4.69, 9.17) is 5.11 Å². The summed E-state index contributed by atoms with van der Waals surface area (Å²) in [7, 11) is 1.61. The van der Waals surface area contributed by atoms with Crippen molar-refractivity contribution in [3.05, 3.63) is 18.0 Å². The van der Waals surface area contributed by atoms with E-state index in [1.54, 1.807) is 7.05 Å². The SMILES string of the molecule is CC(CC(F)(F)F)Nc1c(C(=O)O)cnc2c1cnn2C. The first-order valence-electron chi connectivity index (χ1n) is 6.06. The highest BCUT2D eigenvalue weighted by atomic mass is 19.4. The zero-order chi connectivity index (χ0) is 15.8. The van der Waals surface area contributed by atoms with Crippen LogP contribution in [0.4, 0.5) is 18.9 Å². The van der Waals surface area contributed by atoms with Crippen LogP contribution in [-0.2, 0) is 7.05 Å². The predicted octanol–water partition coefficient (Wildman–Crippen LogP) is 2.42. The summed E-state index contributed by atoms with van der Waals surface area (Å²) in [6.07, 6.45) is -2.93. The maximum Gasteiger partial charge on any atom is 0.391 e. The third kappa shape index (κ3) is 3.23. The number of aromatic carboxylic acids is 1. The molecule has 2 rings (SSSR count). The van der Waals surface area contributed by atoms with E-state index in [9.17, 15) is 18.0 Å². The molecule has 0 saturated heterocycles. The van der Waals surface area contributed by atoms with Gasteiger partial charge < -0.3 is 10.4 Å². The molecule has 21 heavy (non-hydrogen) atoms. The van der Waals surface area contributed by atoms with E-state index in [1.807, 2.05) is 0 Å². The van der Waals surface area contributed by atoms with E-state index in [1.165, 1.54) is 17.8 Å². The molecule has 2 aromatic heterocycles. The predicted molar refractivity (Wildman–Crippen MR) is 69.2 cm³/mol. The van der Waals surface area contributed by atoms with Crippen molar-refractivity contribution >= 4 is 22.7 Å². The zero-order valence-corrected chi connectivity index (χ0v) is 11.3. The van der Waals surface area contributed by atoms with Crippen molar-refractivity contribution in [3.8, 4) is 0 Å². The molecule has 0 spiro atoms. The molecule has 0 aromatic carbocycles. The third-order valence-corrected chi connectivity index (χ3v) is 2.92. The maximum absolute atomic E-state index is 12.4. The number of nitrogens with one attached hydrogen (secondary N) is 1. The summed E-state index contributed by atoms with van der Waals surface area (Å²) in [4.78, 5) is 15.2. The van der Waals surface area contributed by atoms with Crippen LogP contribution in [0, 0.1) is 0 Å². The van der Waals surface area contributed by atoms with Crippen molar-refractivity contribution in [2.45, 2.75) is 25.6 Å². The Bertz CT molecular complexity index is 681. The summed E-state index contributed by atoms with van der Waals surface area (Å²) in [5.41, 5.74) is 0.295. The van der Waals surface area contributed by atoms with Crippen molar-refractivity contribution in [2.24, 2.45) is 7.05 Å². The number of carboxylic acid groups (broad SMARTS) is 1. The van der Waals surface area contributed by atoms with Gasteiger partial charge in [0.05, 0.1) is 23.7 Å². The van der Waals surface area contributed by atoms with Crippen LogP contribution >= 0.6 is 0 Å². The van der Waals surface area contributed by atoms with E-state index < -0.39 is 24.6 Å². The fourth-order valence-electron chi connectivity index (χ4n) is 2.06. The molecule has 0 aliphatic rings. The number of aromatic nitrogens is 3. The number of aryl methyl sites for hydroxylation is 1. The monoisotopic (exact) mass is 302 g/mol. The summed E-state index contributed by atoms with van der Waals surface area (Å²) in [5, 5.41) is 16.1. The number of pyridine rings is 1. The highest BCUT2D eigenvalue weighted by Crippen LogP contribution is 2.29. The van der Waals surface area contributed by atoms with E-state index in [-0.39, 0.29) is 11.3 Å². The number of alkyl halides is 3. The van der Waals surface area contributed by atoms with Crippen LogP contribution in [0.3, 0.4) is 0 Å². The van der Waals surface area contributed by atoms with Gasteiger partial charge in [0.1, 0.15) is 5.56 Å². The molecule has 0 aliphatic carbocycles. The Kier molecular flexibility index (Phi) is 3.75. The van der Waals surface area contributed by atoms with Gasteiger partial charge in [-0.2, -0.15) is 18.3 Å². The molecule has 2 aromatic rings. The molecule has 6 nitrogen and oxygen atoms in total. The van der Waals surface area contributed by atoms with Crippen LogP contribution in [0.15, 0.2) is 12.4 Å². The topological polar surface area (TPSA) is 80.0 Å². The average Bonchev–Trinajstić information content (AvgIpc) is 2.69. The second-order valence-electron chi connectivity index (χ2n) is 4.72. The normalized spacial score (nSPS) is 13.4. The summed E-state index contributed by atoms with van der Waals surface area (Å²) in [6, 6.07) is -0.978. The number of halogens is 3. The number of hydrogen-bond donors (Lipinski definition) is 2. The van der Waals surface area contributed by atoms with Gasteiger partial charge in [-0.1, -0.05) is 0 Å². The summed E-state index contributed by atoms with van der Waals surface area (Å²) < 4.78 is 38.6. The molecule has 0 saturated carbocycles. The second-order valence-corrected chi connectivity index (χ2v) is 4.72. The van der Waals surface area contributed by atoms with Crippen molar-refractivity contribution < 1.29 is 23.1 Å². The molecule has 0 radical (unpaired) electrons. The standard InChI is InChI=1S/C12H13F3N4O2/c1-6(3-12(13,14)15)18-9-7-5-17-19(2)10(7)16-4-8(9)11(20)21/h4-6H,3H2,1-2H3,(H,16,18)(H,20,21). The second kappa shape index (κ2) is 5.23. The Morgan fingerprint density at radius 3 is 2.71 bits per heavy atom. The quantitative estimate of drug-likeness (QED) is 0.906. The Balaban J connectivity index is 2.44. The minimum Gasteiger partial charge on any atom is -0.478 e. The average molecular weight is 302 g/mol. The van der Waals surface area contributed by atoms with Crippen LogP contribution < -0.4 is 5.32 Å².